The second-order valence-electron chi connectivity index (χ2n) is 7.22. The molecule has 0 N–H and O–H groups in total. The van der Waals surface area contributed by atoms with Gasteiger partial charge in [-0.15, -0.1) is 0 Å². The van der Waals surface area contributed by atoms with Crippen LogP contribution in [0.15, 0.2) is 36.4 Å². The van der Waals surface area contributed by atoms with Gasteiger partial charge in [-0.2, -0.15) is 0 Å². The third-order valence-corrected chi connectivity index (χ3v) is 5.45. The van der Waals surface area contributed by atoms with Gasteiger partial charge in [-0.3, -0.25) is 9.69 Å². The predicted octanol–water partition coefficient (Wildman–Crippen LogP) is 4.16. The van der Waals surface area contributed by atoms with Crippen molar-refractivity contribution in [2.45, 2.75) is 26.8 Å². The highest BCUT2D eigenvalue weighted by molar-refractivity contribution is 6.31. The highest BCUT2D eigenvalue weighted by atomic mass is 35.5. The number of nitrogens with zero attached hydrogens (tertiary/aromatic N) is 2. The minimum absolute atomic E-state index is 0.0982. The highest BCUT2D eigenvalue weighted by Gasteiger charge is 2.22. The van der Waals surface area contributed by atoms with Crippen LogP contribution in [-0.2, 0) is 17.8 Å². The Morgan fingerprint density at radius 1 is 1.00 bits per heavy atom. The second kappa shape index (κ2) is 10.6. The maximum Gasteiger partial charge on any atom is 0.227 e. The Hall–Kier alpha value is -2.31. The van der Waals surface area contributed by atoms with Gasteiger partial charge in [-0.25, -0.2) is 4.39 Å². The fourth-order valence-electron chi connectivity index (χ4n) is 3.54. The molecule has 0 saturated carbocycles. The van der Waals surface area contributed by atoms with Crippen molar-refractivity contribution < 1.29 is 18.7 Å². The van der Waals surface area contributed by atoms with Crippen molar-refractivity contribution in [2.75, 3.05) is 39.4 Å². The molecular formula is C23H28ClFN2O3. The summed E-state index contributed by atoms with van der Waals surface area (Å²) in [5.41, 5.74) is 1.81. The fourth-order valence-corrected chi connectivity index (χ4v) is 3.77. The number of amides is 1. The molecule has 30 heavy (non-hydrogen) atoms. The number of rotatable bonds is 8. The number of benzene rings is 2. The van der Waals surface area contributed by atoms with Crippen molar-refractivity contribution in [3.63, 3.8) is 0 Å². The number of carbonyl (C=O) groups is 1. The van der Waals surface area contributed by atoms with Crippen molar-refractivity contribution in [1.82, 2.24) is 9.80 Å². The standard InChI is InChI=1S/C23H28ClFN2O3/c1-3-29-21-8-5-17(13-22(21)30-4-2)14-23(28)27-11-9-26(10-12-27)16-18-6-7-19(25)15-20(18)24/h5-8,13,15H,3-4,9-12,14,16H2,1-2H3. The molecule has 1 fully saturated rings. The Balaban J connectivity index is 1.54. The van der Waals surface area contributed by atoms with Crippen LogP contribution in [0.4, 0.5) is 4.39 Å². The minimum Gasteiger partial charge on any atom is -0.490 e. The SMILES string of the molecule is CCOc1ccc(CC(=O)N2CCN(Cc3ccc(F)cc3Cl)CC2)cc1OCC. The summed E-state index contributed by atoms with van der Waals surface area (Å²) in [4.78, 5) is 16.9. The molecule has 1 amide bonds. The van der Waals surface area contributed by atoms with Gasteiger partial charge >= 0.3 is 0 Å². The molecule has 0 unspecified atom stereocenters. The van der Waals surface area contributed by atoms with Gasteiger partial charge in [-0.1, -0.05) is 23.7 Å². The number of ether oxygens (including phenoxy) is 2. The Bertz CT molecular complexity index is 870. The average Bonchev–Trinajstić information content (AvgIpc) is 2.73. The molecule has 2 aromatic rings. The lowest BCUT2D eigenvalue weighted by molar-refractivity contribution is -0.132. The molecule has 3 rings (SSSR count). The molecule has 1 heterocycles. The van der Waals surface area contributed by atoms with Gasteiger partial charge in [-0.05, 0) is 49.2 Å². The molecule has 0 spiro atoms. The lowest BCUT2D eigenvalue weighted by Gasteiger charge is -2.35. The molecule has 1 aliphatic rings. The molecule has 1 aliphatic heterocycles. The zero-order valence-corrected chi connectivity index (χ0v) is 18.3. The number of hydrogen-bond donors (Lipinski definition) is 0. The molecule has 5 nitrogen and oxygen atoms in total. The van der Waals surface area contributed by atoms with Crippen LogP contribution >= 0.6 is 11.6 Å². The van der Waals surface area contributed by atoms with Crippen LogP contribution in [0.25, 0.3) is 0 Å². The van der Waals surface area contributed by atoms with E-state index >= 15 is 0 Å². The summed E-state index contributed by atoms with van der Waals surface area (Å²) < 4.78 is 24.5. The molecule has 0 atom stereocenters. The molecule has 0 radical (unpaired) electrons. The molecule has 162 valence electrons. The zero-order chi connectivity index (χ0) is 21.5. The predicted molar refractivity (Wildman–Crippen MR) is 116 cm³/mol. The van der Waals surface area contributed by atoms with E-state index in [1.54, 1.807) is 6.07 Å². The van der Waals surface area contributed by atoms with Crippen molar-refractivity contribution in [3.8, 4) is 11.5 Å². The summed E-state index contributed by atoms with van der Waals surface area (Å²) in [6, 6.07) is 10.1. The first-order valence-electron chi connectivity index (χ1n) is 10.3. The summed E-state index contributed by atoms with van der Waals surface area (Å²) in [7, 11) is 0. The summed E-state index contributed by atoms with van der Waals surface area (Å²) in [6.45, 7) is 8.43. The van der Waals surface area contributed by atoms with Gasteiger partial charge in [0.1, 0.15) is 5.82 Å². The van der Waals surface area contributed by atoms with Crippen molar-refractivity contribution in [2.24, 2.45) is 0 Å². The van der Waals surface area contributed by atoms with E-state index in [2.05, 4.69) is 4.90 Å². The van der Waals surface area contributed by atoms with Gasteiger partial charge in [0.15, 0.2) is 11.5 Å². The number of carbonyl (C=O) groups excluding carboxylic acids is 1. The van der Waals surface area contributed by atoms with E-state index in [0.717, 1.165) is 24.2 Å². The average molecular weight is 435 g/mol. The largest absolute Gasteiger partial charge is 0.490 e. The number of piperazine rings is 1. The van der Waals surface area contributed by atoms with E-state index in [-0.39, 0.29) is 11.7 Å². The Kier molecular flexibility index (Phi) is 7.94. The number of halogens is 2. The summed E-state index contributed by atoms with van der Waals surface area (Å²) >= 11 is 6.13. The van der Waals surface area contributed by atoms with Gasteiger partial charge in [0.25, 0.3) is 0 Å². The smallest absolute Gasteiger partial charge is 0.227 e. The molecule has 2 aromatic carbocycles. The second-order valence-corrected chi connectivity index (χ2v) is 7.62. The van der Waals surface area contributed by atoms with E-state index in [0.29, 0.717) is 55.8 Å². The van der Waals surface area contributed by atoms with Gasteiger partial charge in [0.05, 0.1) is 19.6 Å². The summed E-state index contributed by atoms with van der Waals surface area (Å²) in [5.74, 6) is 1.14. The third-order valence-electron chi connectivity index (χ3n) is 5.10. The van der Waals surface area contributed by atoms with Crippen LogP contribution in [0.1, 0.15) is 25.0 Å². The first-order valence-corrected chi connectivity index (χ1v) is 10.7. The third kappa shape index (κ3) is 5.86. The Morgan fingerprint density at radius 3 is 2.37 bits per heavy atom. The topological polar surface area (TPSA) is 42.0 Å². The molecule has 7 heteroatoms. The van der Waals surface area contributed by atoms with E-state index < -0.39 is 0 Å². The minimum atomic E-state index is -0.332. The molecule has 0 aliphatic carbocycles. The van der Waals surface area contributed by atoms with E-state index in [9.17, 15) is 9.18 Å². The van der Waals surface area contributed by atoms with E-state index in [1.807, 2.05) is 36.9 Å². The van der Waals surface area contributed by atoms with Gasteiger partial charge < -0.3 is 14.4 Å². The van der Waals surface area contributed by atoms with E-state index in [1.165, 1.54) is 12.1 Å². The lowest BCUT2D eigenvalue weighted by atomic mass is 10.1. The van der Waals surface area contributed by atoms with Gasteiger partial charge in [0.2, 0.25) is 5.91 Å². The Morgan fingerprint density at radius 2 is 1.70 bits per heavy atom. The van der Waals surface area contributed by atoms with Crippen LogP contribution in [0.5, 0.6) is 11.5 Å². The highest BCUT2D eigenvalue weighted by Crippen LogP contribution is 2.29. The Labute approximate surface area is 182 Å². The zero-order valence-electron chi connectivity index (χ0n) is 17.5. The fraction of sp³-hybridized carbons (Fsp3) is 0.435. The van der Waals surface area contributed by atoms with E-state index in [4.69, 9.17) is 21.1 Å². The van der Waals surface area contributed by atoms with Crippen molar-refractivity contribution in [3.05, 3.63) is 58.4 Å². The maximum absolute atomic E-state index is 13.2. The van der Waals surface area contributed by atoms with Crippen LogP contribution < -0.4 is 9.47 Å². The van der Waals surface area contributed by atoms with Crippen LogP contribution in [0, 0.1) is 5.82 Å². The van der Waals surface area contributed by atoms with Crippen molar-refractivity contribution in [1.29, 1.82) is 0 Å². The monoisotopic (exact) mass is 434 g/mol. The van der Waals surface area contributed by atoms with Crippen molar-refractivity contribution >= 4 is 17.5 Å². The molecular weight excluding hydrogens is 407 g/mol. The summed E-state index contributed by atoms with van der Waals surface area (Å²) in [5, 5.41) is 0.439. The first kappa shape index (κ1) is 22.4. The molecule has 0 aromatic heterocycles. The lowest BCUT2D eigenvalue weighted by Crippen LogP contribution is -2.48. The van der Waals surface area contributed by atoms with Crippen LogP contribution in [0.2, 0.25) is 5.02 Å². The van der Waals surface area contributed by atoms with Gasteiger partial charge in [0, 0.05) is 37.7 Å². The number of hydrogen-bond acceptors (Lipinski definition) is 4. The normalized spacial score (nSPS) is 14.6. The first-order chi connectivity index (χ1) is 14.5. The van der Waals surface area contributed by atoms with Crippen LogP contribution in [0.3, 0.4) is 0 Å². The molecule has 0 bridgehead atoms. The summed E-state index contributed by atoms with van der Waals surface area (Å²) in [6.07, 6.45) is 0.330. The molecule has 1 saturated heterocycles. The maximum atomic E-state index is 13.2. The van der Waals surface area contributed by atoms with Crippen LogP contribution in [-0.4, -0.2) is 55.1 Å². The quantitative estimate of drug-likeness (QED) is 0.625.